The second-order valence-electron chi connectivity index (χ2n) is 5.04. The van der Waals surface area contributed by atoms with Gasteiger partial charge in [0.25, 0.3) is 0 Å². The molecule has 0 heterocycles. The van der Waals surface area contributed by atoms with Crippen LogP contribution in [0, 0.1) is 16.7 Å². The van der Waals surface area contributed by atoms with E-state index in [2.05, 4.69) is 32.0 Å². The summed E-state index contributed by atoms with van der Waals surface area (Å²) in [4.78, 5) is 0. The summed E-state index contributed by atoms with van der Waals surface area (Å²) in [6, 6.07) is 0. The van der Waals surface area contributed by atoms with E-state index in [-0.39, 0.29) is 10.8 Å². The Bertz CT molecular complexity index is 290. The molecule has 1 N–H and O–H groups in total. The molecule has 2 aliphatic carbocycles. The Morgan fingerprint density at radius 2 is 2.15 bits per heavy atom. The van der Waals surface area contributed by atoms with Gasteiger partial charge in [-0.3, -0.25) is 0 Å². The van der Waals surface area contributed by atoms with Crippen molar-refractivity contribution in [2.75, 3.05) is 0 Å². The Kier molecular flexibility index (Phi) is 1.60. The maximum atomic E-state index is 8.95. The van der Waals surface area contributed by atoms with Crippen LogP contribution in [-0.4, -0.2) is 10.9 Å². The fourth-order valence-corrected chi connectivity index (χ4v) is 2.87. The van der Waals surface area contributed by atoms with Crippen molar-refractivity contribution in [3.8, 4) is 0 Å². The molecule has 0 radical (unpaired) electrons. The van der Waals surface area contributed by atoms with E-state index in [1.54, 1.807) is 0 Å². The van der Waals surface area contributed by atoms with Gasteiger partial charge in [-0.05, 0) is 30.3 Å². The molecule has 0 spiro atoms. The van der Waals surface area contributed by atoms with E-state index in [1.807, 2.05) is 6.08 Å². The molecule has 0 aromatic heterocycles. The maximum Gasteiger partial charge on any atom is 0.0857 e. The van der Waals surface area contributed by atoms with Gasteiger partial charge in [-0.2, -0.15) is 0 Å². The quantitative estimate of drug-likeness (QED) is 0.450. The zero-order valence-corrected chi connectivity index (χ0v) is 8.54. The minimum absolute atomic E-state index is 0.0706. The van der Waals surface area contributed by atoms with Crippen LogP contribution in [0.3, 0.4) is 0 Å². The van der Waals surface area contributed by atoms with E-state index < -0.39 is 0 Å². The second-order valence-corrected chi connectivity index (χ2v) is 5.04. The van der Waals surface area contributed by atoms with Gasteiger partial charge < -0.3 is 5.21 Å². The monoisotopic (exact) mass is 179 g/mol. The standard InChI is InChI=1S/C11H17NO/c1-10(2)8-4-5-9(12-13)11(10,3)7-6-8/h4-5,8,13H,6-7H2,1-3H3/b12-9-/t8-,11+/m1/s1. The van der Waals surface area contributed by atoms with Gasteiger partial charge in [0.2, 0.25) is 0 Å². The lowest BCUT2D eigenvalue weighted by Gasteiger charge is -2.43. The first-order chi connectivity index (χ1) is 6.02. The molecule has 13 heavy (non-hydrogen) atoms. The minimum atomic E-state index is 0.0706. The van der Waals surface area contributed by atoms with Crippen LogP contribution in [0.1, 0.15) is 33.6 Å². The molecule has 2 rings (SSSR count). The Labute approximate surface area is 79.3 Å². The highest BCUT2D eigenvalue weighted by atomic mass is 16.4. The zero-order valence-electron chi connectivity index (χ0n) is 8.54. The van der Waals surface area contributed by atoms with Crippen LogP contribution < -0.4 is 0 Å². The highest BCUT2D eigenvalue weighted by Crippen LogP contribution is 2.59. The summed E-state index contributed by atoms with van der Waals surface area (Å²) in [5, 5.41) is 12.4. The summed E-state index contributed by atoms with van der Waals surface area (Å²) in [5.41, 5.74) is 1.16. The van der Waals surface area contributed by atoms with E-state index in [0.29, 0.717) is 5.92 Å². The molecule has 2 bridgehead atoms. The predicted molar refractivity (Wildman–Crippen MR) is 53.0 cm³/mol. The number of hydrogen-bond acceptors (Lipinski definition) is 2. The van der Waals surface area contributed by atoms with E-state index in [9.17, 15) is 0 Å². The van der Waals surface area contributed by atoms with E-state index in [4.69, 9.17) is 5.21 Å². The highest BCUT2D eigenvalue weighted by molar-refractivity contribution is 6.01. The van der Waals surface area contributed by atoms with Crippen molar-refractivity contribution >= 4 is 5.71 Å². The molecule has 0 aromatic rings. The Hall–Kier alpha value is -0.790. The third-order valence-corrected chi connectivity index (χ3v) is 4.46. The van der Waals surface area contributed by atoms with Gasteiger partial charge in [-0.15, -0.1) is 0 Å². The molecular weight excluding hydrogens is 162 g/mol. The lowest BCUT2D eigenvalue weighted by molar-refractivity contribution is 0.167. The van der Waals surface area contributed by atoms with Gasteiger partial charge in [0.1, 0.15) is 0 Å². The Morgan fingerprint density at radius 1 is 1.46 bits per heavy atom. The van der Waals surface area contributed by atoms with Crippen molar-refractivity contribution in [1.29, 1.82) is 0 Å². The number of nitrogens with zero attached hydrogens (tertiary/aromatic N) is 1. The smallest absolute Gasteiger partial charge is 0.0857 e. The first-order valence-electron chi connectivity index (χ1n) is 4.93. The number of allylic oxidation sites excluding steroid dienone is 2. The van der Waals surface area contributed by atoms with Gasteiger partial charge in [0.15, 0.2) is 0 Å². The van der Waals surface area contributed by atoms with Gasteiger partial charge in [-0.25, -0.2) is 0 Å². The number of fused-ring (bicyclic) bond motifs is 2. The van der Waals surface area contributed by atoms with Crippen LogP contribution in [0.2, 0.25) is 0 Å². The third kappa shape index (κ3) is 0.862. The van der Waals surface area contributed by atoms with Crippen molar-refractivity contribution in [2.45, 2.75) is 33.6 Å². The third-order valence-electron chi connectivity index (χ3n) is 4.46. The summed E-state index contributed by atoms with van der Waals surface area (Å²) >= 11 is 0. The summed E-state index contributed by atoms with van der Waals surface area (Å²) in [6.07, 6.45) is 6.54. The summed E-state index contributed by atoms with van der Waals surface area (Å²) < 4.78 is 0. The number of oxime groups is 1. The largest absolute Gasteiger partial charge is 0.411 e. The molecule has 0 amide bonds. The van der Waals surface area contributed by atoms with Gasteiger partial charge in [0.05, 0.1) is 5.71 Å². The predicted octanol–water partition coefficient (Wildman–Crippen LogP) is 2.83. The molecule has 2 nitrogen and oxygen atoms in total. The molecule has 0 aromatic carbocycles. The summed E-state index contributed by atoms with van der Waals surface area (Å²) in [6.45, 7) is 6.77. The van der Waals surface area contributed by atoms with Crippen molar-refractivity contribution in [3.05, 3.63) is 12.2 Å². The minimum Gasteiger partial charge on any atom is -0.411 e. The molecule has 0 unspecified atom stereocenters. The molecule has 2 atom stereocenters. The topological polar surface area (TPSA) is 32.6 Å². The lowest BCUT2D eigenvalue weighted by Crippen LogP contribution is -2.42. The van der Waals surface area contributed by atoms with E-state index in [0.717, 1.165) is 12.1 Å². The molecule has 0 saturated heterocycles. The van der Waals surface area contributed by atoms with Crippen molar-refractivity contribution in [3.63, 3.8) is 0 Å². The highest BCUT2D eigenvalue weighted by Gasteiger charge is 2.55. The Balaban J connectivity index is 2.54. The second kappa shape index (κ2) is 2.37. The first kappa shape index (κ1) is 8.79. The average molecular weight is 179 g/mol. The Morgan fingerprint density at radius 3 is 2.77 bits per heavy atom. The molecular formula is C11H17NO. The van der Waals surface area contributed by atoms with Crippen LogP contribution in [0.5, 0.6) is 0 Å². The fraction of sp³-hybridized carbons (Fsp3) is 0.727. The van der Waals surface area contributed by atoms with Crippen LogP contribution in [-0.2, 0) is 0 Å². The molecule has 1 fully saturated rings. The van der Waals surface area contributed by atoms with E-state index >= 15 is 0 Å². The molecule has 2 aliphatic rings. The molecule has 1 saturated carbocycles. The van der Waals surface area contributed by atoms with Crippen LogP contribution in [0.15, 0.2) is 17.3 Å². The number of hydrogen-bond donors (Lipinski definition) is 1. The van der Waals surface area contributed by atoms with Crippen LogP contribution in [0.25, 0.3) is 0 Å². The van der Waals surface area contributed by atoms with Crippen molar-refractivity contribution in [2.24, 2.45) is 21.9 Å². The summed E-state index contributed by atoms with van der Waals surface area (Å²) in [7, 11) is 0. The van der Waals surface area contributed by atoms with Crippen molar-refractivity contribution < 1.29 is 5.21 Å². The molecule has 72 valence electrons. The normalized spacial score (nSPS) is 44.2. The zero-order chi connectivity index (χ0) is 9.69. The average Bonchev–Trinajstić information content (AvgIpc) is 2.24. The van der Waals surface area contributed by atoms with Crippen LogP contribution >= 0.6 is 0 Å². The SMILES string of the molecule is CC1(C)[C@@H]2C=C/C(=N/O)[C@]1(C)CC2. The fourth-order valence-electron chi connectivity index (χ4n) is 2.87. The maximum absolute atomic E-state index is 8.95. The van der Waals surface area contributed by atoms with Gasteiger partial charge in [-0.1, -0.05) is 32.0 Å². The number of rotatable bonds is 0. The lowest BCUT2D eigenvalue weighted by atomic mass is 9.61. The van der Waals surface area contributed by atoms with Crippen LogP contribution in [0.4, 0.5) is 0 Å². The van der Waals surface area contributed by atoms with Gasteiger partial charge in [0, 0.05) is 5.41 Å². The molecule has 0 aliphatic heterocycles. The molecule has 2 heteroatoms. The van der Waals surface area contributed by atoms with E-state index in [1.165, 1.54) is 6.42 Å². The van der Waals surface area contributed by atoms with Crippen molar-refractivity contribution in [1.82, 2.24) is 0 Å². The van der Waals surface area contributed by atoms with Gasteiger partial charge >= 0.3 is 0 Å². The summed E-state index contributed by atoms with van der Waals surface area (Å²) in [5.74, 6) is 0.656. The first-order valence-corrected chi connectivity index (χ1v) is 4.93.